The number of rotatable bonds is 3. The fraction of sp³-hybridized carbons (Fsp3) is 0.308. The van der Waals surface area contributed by atoms with Crippen molar-refractivity contribution in [3.63, 3.8) is 0 Å². The van der Waals surface area contributed by atoms with Gasteiger partial charge >= 0.3 is 0 Å². The summed E-state index contributed by atoms with van der Waals surface area (Å²) < 4.78 is 5.38. The molecule has 1 aromatic carbocycles. The summed E-state index contributed by atoms with van der Waals surface area (Å²) in [6, 6.07) is 10.0. The second kappa shape index (κ2) is 3.68. The zero-order valence-electron chi connectivity index (χ0n) is 9.21. The third-order valence-electron chi connectivity index (χ3n) is 3.27. The minimum absolute atomic E-state index is 0.158. The molecule has 0 bridgehead atoms. The number of nitrogens with zero attached hydrogens (tertiary/aromatic N) is 1. The summed E-state index contributed by atoms with van der Waals surface area (Å²) in [5.74, 6) is 0.576. The first kappa shape index (κ1) is 10.5. The summed E-state index contributed by atoms with van der Waals surface area (Å²) >= 11 is 0. The van der Waals surface area contributed by atoms with Crippen LogP contribution in [0.2, 0.25) is 0 Å². The minimum Gasteiger partial charge on any atom is -0.448 e. The van der Waals surface area contributed by atoms with Crippen molar-refractivity contribution in [2.75, 3.05) is 0 Å². The molecule has 2 aromatic rings. The van der Waals surface area contributed by atoms with E-state index in [0.29, 0.717) is 5.89 Å². The molecule has 1 aromatic heterocycles. The Bertz CT molecular complexity index is 514. The van der Waals surface area contributed by atoms with Gasteiger partial charge in [-0.15, -0.1) is 0 Å². The van der Waals surface area contributed by atoms with Crippen LogP contribution in [0.25, 0.3) is 0 Å². The number of benzene rings is 1. The predicted octanol–water partition coefficient (Wildman–Crippen LogP) is 1.74. The van der Waals surface area contributed by atoms with Crippen molar-refractivity contribution in [3.05, 3.63) is 53.7 Å². The molecule has 0 aliphatic heterocycles. The lowest BCUT2D eigenvalue weighted by molar-refractivity contribution is -0.0459. The molecule has 0 saturated heterocycles. The lowest BCUT2D eigenvalue weighted by Gasteiger charge is -2.10. The van der Waals surface area contributed by atoms with Crippen molar-refractivity contribution in [2.24, 2.45) is 0 Å². The van der Waals surface area contributed by atoms with E-state index in [4.69, 9.17) is 14.6 Å². The van der Waals surface area contributed by atoms with Crippen LogP contribution in [-0.2, 0) is 5.41 Å². The van der Waals surface area contributed by atoms with Crippen molar-refractivity contribution >= 4 is 0 Å². The maximum absolute atomic E-state index is 9.03. The van der Waals surface area contributed by atoms with Crippen molar-refractivity contribution in [3.8, 4) is 0 Å². The van der Waals surface area contributed by atoms with Crippen LogP contribution in [-0.4, -0.2) is 15.2 Å². The summed E-state index contributed by atoms with van der Waals surface area (Å²) in [6.45, 7) is 0. The monoisotopic (exact) mass is 231 g/mol. The lowest BCUT2D eigenvalue weighted by atomic mass is 9.96. The van der Waals surface area contributed by atoms with E-state index in [-0.39, 0.29) is 11.1 Å². The van der Waals surface area contributed by atoms with Gasteiger partial charge in [0.25, 0.3) is 0 Å². The predicted molar refractivity (Wildman–Crippen MR) is 60.1 cm³/mol. The van der Waals surface area contributed by atoms with Gasteiger partial charge in [-0.2, -0.15) is 0 Å². The van der Waals surface area contributed by atoms with Gasteiger partial charge < -0.3 is 14.6 Å². The average Bonchev–Trinajstić information content (AvgIpc) is 3.00. The SMILES string of the molecule is OC(O)c1coc(C2(c3ccccc3)CC2)n1. The quantitative estimate of drug-likeness (QED) is 0.789. The zero-order valence-corrected chi connectivity index (χ0v) is 9.21. The van der Waals surface area contributed by atoms with Crippen LogP contribution in [0.1, 0.15) is 36.3 Å². The molecular formula is C13H13NO3. The zero-order chi connectivity index (χ0) is 11.9. The molecule has 1 aliphatic rings. The number of aromatic nitrogens is 1. The van der Waals surface area contributed by atoms with Crippen LogP contribution >= 0.6 is 0 Å². The van der Waals surface area contributed by atoms with Crippen LogP contribution in [0.15, 0.2) is 41.0 Å². The van der Waals surface area contributed by atoms with E-state index in [1.807, 2.05) is 30.3 Å². The first-order valence-corrected chi connectivity index (χ1v) is 5.60. The molecular weight excluding hydrogens is 218 g/mol. The molecule has 0 radical (unpaired) electrons. The highest BCUT2D eigenvalue weighted by Gasteiger charge is 2.50. The Labute approximate surface area is 98.5 Å². The molecule has 1 fully saturated rings. The molecule has 88 valence electrons. The van der Waals surface area contributed by atoms with Crippen LogP contribution in [0.4, 0.5) is 0 Å². The van der Waals surface area contributed by atoms with Crippen molar-refractivity contribution in [1.29, 1.82) is 0 Å². The molecule has 1 aliphatic carbocycles. The molecule has 4 heteroatoms. The highest BCUT2D eigenvalue weighted by atomic mass is 16.5. The van der Waals surface area contributed by atoms with Gasteiger partial charge in [-0.3, -0.25) is 0 Å². The summed E-state index contributed by atoms with van der Waals surface area (Å²) in [7, 11) is 0. The lowest BCUT2D eigenvalue weighted by Crippen LogP contribution is -2.09. The molecule has 0 unspecified atom stereocenters. The van der Waals surface area contributed by atoms with E-state index in [1.54, 1.807) is 0 Å². The third-order valence-corrected chi connectivity index (χ3v) is 3.27. The van der Waals surface area contributed by atoms with Crippen LogP contribution in [0.5, 0.6) is 0 Å². The molecule has 4 nitrogen and oxygen atoms in total. The van der Waals surface area contributed by atoms with E-state index in [0.717, 1.165) is 12.8 Å². The highest BCUT2D eigenvalue weighted by Crippen LogP contribution is 2.52. The molecule has 17 heavy (non-hydrogen) atoms. The van der Waals surface area contributed by atoms with Gasteiger partial charge in [-0.1, -0.05) is 30.3 Å². The Balaban J connectivity index is 1.98. The summed E-state index contributed by atoms with van der Waals surface area (Å²) in [6.07, 6.45) is 1.71. The average molecular weight is 231 g/mol. The normalized spacial score (nSPS) is 17.4. The Morgan fingerprint density at radius 1 is 1.18 bits per heavy atom. The Morgan fingerprint density at radius 2 is 1.88 bits per heavy atom. The van der Waals surface area contributed by atoms with Gasteiger partial charge in [-0.05, 0) is 18.4 Å². The molecule has 1 saturated carbocycles. The summed E-state index contributed by atoms with van der Waals surface area (Å²) in [4.78, 5) is 4.15. The molecule has 0 amide bonds. The van der Waals surface area contributed by atoms with Gasteiger partial charge in [0.05, 0.1) is 5.41 Å². The second-order valence-electron chi connectivity index (χ2n) is 4.40. The summed E-state index contributed by atoms with van der Waals surface area (Å²) in [5, 5.41) is 18.1. The maximum Gasteiger partial charge on any atom is 0.205 e. The van der Waals surface area contributed by atoms with E-state index >= 15 is 0 Å². The molecule has 2 N–H and O–H groups in total. The van der Waals surface area contributed by atoms with Gasteiger partial charge in [0.2, 0.25) is 5.89 Å². The number of hydrogen-bond acceptors (Lipinski definition) is 4. The Morgan fingerprint density at radius 3 is 2.41 bits per heavy atom. The maximum atomic E-state index is 9.03. The van der Waals surface area contributed by atoms with Crippen LogP contribution < -0.4 is 0 Å². The molecule has 1 heterocycles. The van der Waals surface area contributed by atoms with Gasteiger partial charge in [-0.25, -0.2) is 4.98 Å². The smallest absolute Gasteiger partial charge is 0.205 e. The van der Waals surface area contributed by atoms with E-state index in [9.17, 15) is 0 Å². The standard InChI is InChI=1S/C13H13NO3/c15-11(16)10-8-17-12(14-10)13(6-7-13)9-4-2-1-3-5-9/h1-5,8,11,15-16H,6-7H2. The van der Waals surface area contributed by atoms with Crippen molar-refractivity contribution < 1.29 is 14.6 Å². The van der Waals surface area contributed by atoms with E-state index in [1.165, 1.54) is 11.8 Å². The Hall–Kier alpha value is -1.65. The topological polar surface area (TPSA) is 66.5 Å². The number of aliphatic hydroxyl groups excluding tert-OH is 1. The molecule has 3 rings (SSSR count). The first-order valence-electron chi connectivity index (χ1n) is 5.60. The number of hydrogen-bond donors (Lipinski definition) is 2. The summed E-state index contributed by atoms with van der Waals surface area (Å²) in [5.41, 5.74) is 1.18. The van der Waals surface area contributed by atoms with Crippen LogP contribution in [0.3, 0.4) is 0 Å². The largest absolute Gasteiger partial charge is 0.448 e. The Kier molecular flexibility index (Phi) is 2.28. The fourth-order valence-corrected chi connectivity index (χ4v) is 2.13. The second-order valence-corrected chi connectivity index (χ2v) is 4.40. The molecule has 0 spiro atoms. The molecule has 0 atom stereocenters. The first-order chi connectivity index (χ1) is 8.22. The van der Waals surface area contributed by atoms with Crippen LogP contribution in [0, 0.1) is 0 Å². The van der Waals surface area contributed by atoms with Crippen molar-refractivity contribution in [1.82, 2.24) is 4.98 Å². The fourth-order valence-electron chi connectivity index (χ4n) is 2.13. The van der Waals surface area contributed by atoms with E-state index in [2.05, 4.69) is 4.98 Å². The minimum atomic E-state index is -1.57. The van der Waals surface area contributed by atoms with Gasteiger partial charge in [0, 0.05) is 0 Å². The number of oxazole rings is 1. The van der Waals surface area contributed by atoms with Crippen molar-refractivity contribution in [2.45, 2.75) is 24.5 Å². The third kappa shape index (κ3) is 1.66. The number of aliphatic hydroxyl groups is 2. The highest BCUT2D eigenvalue weighted by molar-refractivity contribution is 5.38. The van der Waals surface area contributed by atoms with Gasteiger partial charge in [0.15, 0.2) is 6.29 Å². The van der Waals surface area contributed by atoms with E-state index < -0.39 is 6.29 Å². The van der Waals surface area contributed by atoms with Gasteiger partial charge in [0.1, 0.15) is 12.0 Å².